The van der Waals surface area contributed by atoms with E-state index in [0.29, 0.717) is 12.1 Å². The fraction of sp³-hybridized carbons (Fsp3) is 0.533. The number of fused-ring (bicyclic) bond motifs is 2. The summed E-state index contributed by atoms with van der Waals surface area (Å²) in [5.41, 5.74) is 0.688. The van der Waals surface area contributed by atoms with Crippen molar-refractivity contribution in [3.63, 3.8) is 0 Å². The van der Waals surface area contributed by atoms with Crippen molar-refractivity contribution in [1.29, 1.82) is 0 Å². The number of carbonyl (C=O) groups excluding carboxylic acids is 1. The van der Waals surface area contributed by atoms with Crippen LogP contribution in [0.1, 0.15) is 31.2 Å². The Morgan fingerprint density at radius 2 is 1.80 bits per heavy atom. The molecule has 2 aliphatic rings. The summed E-state index contributed by atoms with van der Waals surface area (Å²) in [7, 11) is 0. The van der Waals surface area contributed by atoms with E-state index in [0.717, 1.165) is 19.4 Å². The molecule has 0 radical (unpaired) electrons. The second kappa shape index (κ2) is 6.79. The van der Waals surface area contributed by atoms with E-state index in [1.54, 1.807) is 0 Å². The number of ether oxygens (including phenoxy) is 1. The van der Waals surface area contributed by atoms with Crippen molar-refractivity contribution >= 4 is 29.4 Å². The van der Waals surface area contributed by atoms with Gasteiger partial charge in [0.25, 0.3) is 0 Å². The van der Waals surface area contributed by atoms with Crippen LogP contribution in [-0.2, 0) is 11.3 Å². The van der Waals surface area contributed by atoms with Gasteiger partial charge in [-0.25, -0.2) is 4.79 Å². The van der Waals surface area contributed by atoms with Crippen LogP contribution in [0.15, 0.2) is 30.3 Å². The van der Waals surface area contributed by atoms with Crippen molar-refractivity contribution in [3.8, 4) is 0 Å². The minimum absolute atomic E-state index is 0. The summed E-state index contributed by atoms with van der Waals surface area (Å²) >= 11 is 5.32. The fourth-order valence-electron chi connectivity index (χ4n) is 3.50. The predicted octanol–water partition coefficient (Wildman–Crippen LogP) is 3.98. The zero-order chi connectivity index (χ0) is 13.2. The Hall–Kier alpha value is -0.770. The highest BCUT2D eigenvalue weighted by atomic mass is 35.5. The van der Waals surface area contributed by atoms with Gasteiger partial charge in [-0.2, -0.15) is 0 Å². The van der Waals surface area contributed by atoms with E-state index in [1.807, 2.05) is 6.07 Å². The maximum atomic E-state index is 10.8. The van der Waals surface area contributed by atoms with Crippen LogP contribution in [0.5, 0.6) is 0 Å². The van der Waals surface area contributed by atoms with Crippen LogP contribution < -0.4 is 0 Å². The maximum Gasteiger partial charge on any atom is 0.404 e. The molecule has 3 nitrogen and oxygen atoms in total. The molecule has 0 amide bonds. The molecule has 0 saturated carbocycles. The molecule has 0 N–H and O–H groups in total. The van der Waals surface area contributed by atoms with Crippen molar-refractivity contribution in [3.05, 3.63) is 35.9 Å². The van der Waals surface area contributed by atoms with Gasteiger partial charge in [-0.3, -0.25) is 4.90 Å². The number of hydrogen-bond acceptors (Lipinski definition) is 3. The molecule has 2 aliphatic heterocycles. The van der Waals surface area contributed by atoms with E-state index >= 15 is 0 Å². The van der Waals surface area contributed by atoms with Crippen molar-refractivity contribution in [2.45, 2.75) is 50.4 Å². The van der Waals surface area contributed by atoms with E-state index < -0.39 is 5.43 Å². The zero-order valence-electron chi connectivity index (χ0n) is 11.2. The predicted molar refractivity (Wildman–Crippen MR) is 81.4 cm³/mol. The third-order valence-corrected chi connectivity index (χ3v) is 4.40. The lowest BCUT2D eigenvalue weighted by molar-refractivity contribution is 0.0240. The Morgan fingerprint density at radius 1 is 1.20 bits per heavy atom. The minimum atomic E-state index is -0.666. The number of rotatable bonds is 3. The van der Waals surface area contributed by atoms with Gasteiger partial charge in [-0.05, 0) is 18.4 Å². The van der Waals surface area contributed by atoms with E-state index in [-0.39, 0.29) is 18.5 Å². The Morgan fingerprint density at radius 3 is 2.35 bits per heavy atom. The first-order valence-corrected chi connectivity index (χ1v) is 7.26. The summed E-state index contributed by atoms with van der Waals surface area (Å²) in [4.78, 5) is 13.4. The van der Waals surface area contributed by atoms with Crippen molar-refractivity contribution in [2.75, 3.05) is 0 Å². The summed E-state index contributed by atoms with van der Waals surface area (Å²) in [6.07, 6.45) is 4.25. The van der Waals surface area contributed by atoms with Crippen LogP contribution in [0.3, 0.4) is 0 Å². The molecule has 0 aromatic heterocycles. The van der Waals surface area contributed by atoms with Crippen LogP contribution in [0.25, 0.3) is 0 Å². The number of nitrogens with zero attached hydrogens (tertiary/aromatic N) is 1. The number of carbonyl (C=O) groups is 1. The van der Waals surface area contributed by atoms with Crippen LogP contribution >= 0.6 is 24.0 Å². The molecule has 1 aromatic carbocycles. The molecule has 2 saturated heterocycles. The molecule has 3 rings (SSSR count). The topological polar surface area (TPSA) is 29.5 Å². The van der Waals surface area contributed by atoms with Gasteiger partial charge in [0.15, 0.2) is 0 Å². The highest BCUT2D eigenvalue weighted by Crippen LogP contribution is 2.38. The summed E-state index contributed by atoms with van der Waals surface area (Å²) in [6, 6.07) is 11.6. The Labute approximate surface area is 130 Å². The number of hydrogen-bond donors (Lipinski definition) is 0. The fourth-order valence-corrected chi connectivity index (χ4v) is 3.63. The van der Waals surface area contributed by atoms with Gasteiger partial charge >= 0.3 is 5.43 Å². The third-order valence-electron chi connectivity index (χ3n) is 4.31. The molecule has 5 heteroatoms. The van der Waals surface area contributed by atoms with E-state index in [1.165, 1.54) is 18.4 Å². The van der Waals surface area contributed by atoms with E-state index in [4.69, 9.17) is 16.3 Å². The van der Waals surface area contributed by atoms with Gasteiger partial charge < -0.3 is 4.74 Å². The second-order valence-corrected chi connectivity index (χ2v) is 5.80. The molecule has 2 heterocycles. The number of benzene rings is 1. The van der Waals surface area contributed by atoms with Crippen molar-refractivity contribution < 1.29 is 9.53 Å². The summed E-state index contributed by atoms with van der Waals surface area (Å²) in [5, 5.41) is 0. The monoisotopic (exact) mass is 315 g/mol. The Balaban J connectivity index is 0.00000147. The van der Waals surface area contributed by atoms with Gasteiger partial charge in [0.1, 0.15) is 6.10 Å². The molecule has 110 valence electrons. The molecular weight excluding hydrogens is 297 g/mol. The van der Waals surface area contributed by atoms with E-state index in [2.05, 4.69) is 29.2 Å². The lowest BCUT2D eigenvalue weighted by Gasteiger charge is -2.38. The van der Waals surface area contributed by atoms with Crippen molar-refractivity contribution in [2.24, 2.45) is 0 Å². The molecule has 0 unspecified atom stereocenters. The average Bonchev–Trinajstić information content (AvgIpc) is 2.62. The number of piperidine rings is 1. The Bertz CT molecular complexity index is 440. The first kappa shape index (κ1) is 15.6. The second-order valence-electron chi connectivity index (χ2n) is 5.49. The maximum absolute atomic E-state index is 10.8. The van der Waals surface area contributed by atoms with Gasteiger partial charge in [0, 0.05) is 43.1 Å². The lowest BCUT2D eigenvalue weighted by Crippen LogP contribution is -2.45. The molecule has 2 bridgehead atoms. The molecule has 0 spiro atoms. The number of halogens is 2. The highest BCUT2D eigenvalue weighted by Gasteiger charge is 2.41. The first-order chi connectivity index (χ1) is 9.22. The van der Waals surface area contributed by atoms with Gasteiger partial charge in [0.05, 0.1) is 0 Å². The molecular formula is C15H19Cl2NO2. The third kappa shape index (κ3) is 3.46. The zero-order valence-corrected chi connectivity index (χ0v) is 12.8. The molecule has 3 atom stereocenters. The Kier molecular flexibility index (Phi) is 5.30. The summed E-state index contributed by atoms with van der Waals surface area (Å²) in [6.45, 7) is 0.998. The normalized spacial score (nSPS) is 28.8. The van der Waals surface area contributed by atoms with Crippen LogP contribution in [0.4, 0.5) is 4.79 Å². The van der Waals surface area contributed by atoms with Gasteiger partial charge in [0.2, 0.25) is 0 Å². The quantitative estimate of drug-likeness (QED) is 0.790. The summed E-state index contributed by atoms with van der Waals surface area (Å²) < 4.78 is 5.17. The molecule has 2 fully saturated rings. The summed E-state index contributed by atoms with van der Waals surface area (Å²) in [5.74, 6) is 0. The van der Waals surface area contributed by atoms with Crippen LogP contribution in [-0.4, -0.2) is 28.5 Å². The van der Waals surface area contributed by atoms with Gasteiger partial charge in [-0.1, -0.05) is 30.3 Å². The van der Waals surface area contributed by atoms with Crippen LogP contribution in [0, 0.1) is 0 Å². The molecule has 20 heavy (non-hydrogen) atoms. The largest absolute Gasteiger partial charge is 0.450 e. The minimum Gasteiger partial charge on any atom is -0.450 e. The standard InChI is InChI=1S/C15H18ClNO2.ClH/c16-15(18)19-14-8-12-6-7-13(9-14)17(12)10-11-4-2-1-3-5-11;/h1-5,12-14H,6-10H2;1H/t12-,13+,14+;. The first-order valence-electron chi connectivity index (χ1n) is 6.88. The van der Waals surface area contributed by atoms with Crippen molar-refractivity contribution in [1.82, 2.24) is 4.90 Å². The SMILES string of the molecule is Cl.O=C(Cl)O[C@H]1C[C@H]2CC[C@@H](C1)N2Cc1ccccc1. The smallest absolute Gasteiger partial charge is 0.404 e. The van der Waals surface area contributed by atoms with E-state index in [9.17, 15) is 4.79 Å². The van der Waals surface area contributed by atoms with Crippen LogP contribution in [0.2, 0.25) is 0 Å². The average molecular weight is 316 g/mol. The lowest BCUT2D eigenvalue weighted by atomic mass is 9.99. The molecule has 0 aliphatic carbocycles. The molecule has 1 aromatic rings. The highest BCUT2D eigenvalue weighted by molar-refractivity contribution is 6.61. The van der Waals surface area contributed by atoms with Gasteiger partial charge in [-0.15, -0.1) is 12.4 Å².